The zero-order chi connectivity index (χ0) is 16.4. The van der Waals surface area contributed by atoms with E-state index in [1.165, 1.54) is 7.11 Å². The Hall–Kier alpha value is -0.710. The summed E-state index contributed by atoms with van der Waals surface area (Å²) in [5, 5.41) is 12.4. The molecular formula is C18H29CaNO3. The molecule has 0 aromatic heterocycles. The van der Waals surface area contributed by atoms with Gasteiger partial charge < -0.3 is 15.2 Å². The van der Waals surface area contributed by atoms with Crippen LogP contribution >= 0.6 is 0 Å². The van der Waals surface area contributed by atoms with Crippen molar-refractivity contribution in [3.63, 3.8) is 0 Å². The molecule has 5 heteroatoms. The van der Waals surface area contributed by atoms with Gasteiger partial charge in [-0.15, -0.1) is 0 Å². The monoisotopic (exact) mass is 347 g/mol. The Morgan fingerprint density at radius 1 is 1.35 bits per heavy atom. The van der Waals surface area contributed by atoms with E-state index in [4.69, 9.17) is 4.74 Å². The second kappa shape index (κ2) is 12.7. The summed E-state index contributed by atoms with van der Waals surface area (Å²) >= 11 is 0. The summed E-state index contributed by atoms with van der Waals surface area (Å²) in [7, 11) is 1.51. The fraction of sp³-hybridized carbons (Fsp3) is 0.500. The van der Waals surface area contributed by atoms with Crippen LogP contribution in [0.1, 0.15) is 45.1 Å². The van der Waals surface area contributed by atoms with E-state index in [1.807, 2.05) is 0 Å². The number of carbonyl (C=O) groups excluding carboxylic acids is 1. The van der Waals surface area contributed by atoms with E-state index in [0.717, 1.165) is 24.8 Å². The average Bonchev–Trinajstić information content (AvgIpc) is 2.49. The number of rotatable bonds is 9. The minimum atomic E-state index is 0. The van der Waals surface area contributed by atoms with Crippen LogP contribution in [0.4, 0.5) is 0 Å². The molecule has 1 amide bonds. The molecular weight excluding hydrogens is 318 g/mol. The van der Waals surface area contributed by atoms with Crippen molar-refractivity contribution >= 4 is 43.6 Å². The molecule has 0 bridgehead atoms. The van der Waals surface area contributed by atoms with Crippen LogP contribution in [0.5, 0.6) is 11.5 Å². The molecule has 0 unspecified atom stereocenters. The molecule has 126 valence electrons. The summed E-state index contributed by atoms with van der Waals surface area (Å²) in [5.74, 6) is 1.17. The Balaban J connectivity index is 0.00000484. The first kappa shape index (κ1) is 22.3. The summed E-state index contributed by atoms with van der Waals surface area (Å²) in [5.41, 5.74) is 0.905. The molecule has 0 aliphatic rings. The second-order valence-corrected chi connectivity index (χ2v) is 5.70. The standard InChI is InChI=1S/C18H27NO3.Ca.2H/c1-14(2)8-6-4-5-7-9-18(21)19-13-15-10-11-16(20)17(12-15)22-3;;;/h6,8,10-12,14,20H,4-5,7,9,13H2,1-3H3,(H,19,21);;;. The van der Waals surface area contributed by atoms with Crippen molar-refractivity contribution in [2.75, 3.05) is 7.11 Å². The van der Waals surface area contributed by atoms with Gasteiger partial charge in [-0.1, -0.05) is 32.1 Å². The van der Waals surface area contributed by atoms with Crippen LogP contribution < -0.4 is 10.1 Å². The van der Waals surface area contributed by atoms with Gasteiger partial charge in [0, 0.05) is 13.0 Å². The third-order valence-electron chi connectivity index (χ3n) is 3.28. The van der Waals surface area contributed by atoms with Gasteiger partial charge in [0.2, 0.25) is 5.91 Å². The molecule has 0 atom stereocenters. The van der Waals surface area contributed by atoms with Crippen LogP contribution in [0.25, 0.3) is 0 Å². The summed E-state index contributed by atoms with van der Waals surface area (Å²) in [4.78, 5) is 11.8. The van der Waals surface area contributed by atoms with E-state index < -0.39 is 0 Å². The van der Waals surface area contributed by atoms with E-state index >= 15 is 0 Å². The number of amides is 1. The molecule has 0 aliphatic carbocycles. The SMILES string of the molecule is COc1cc(CNC(=O)CCCCC=CC(C)C)ccc1O.[CaH2]. The molecule has 0 aliphatic heterocycles. The first-order valence-electron chi connectivity index (χ1n) is 7.82. The van der Waals surface area contributed by atoms with Crippen molar-refractivity contribution in [1.82, 2.24) is 5.32 Å². The van der Waals surface area contributed by atoms with Crippen molar-refractivity contribution in [2.24, 2.45) is 5.92 Å². The van der Waals surface area contributed by atoms with Gasteiger partial charge in [-0.25, -0.2) is 0 Å². The number of aromatic hydroxyl groups is 1. The van der Waals surface area contributed by atoms with Gasteiger partial charge in [-0.3, -0.25) is 4.79 Å². The van der Waals surface area contributed by atoms with E-state index in [-0.39, 0.29) is 49.4 Å². The maximum absolute atomic E-state index is 11.8. The molecule has 0 radical (unpaired) electrons. The zero-order valence-electron chi connectivity index (χ0n) is 13.8. The molecule has 0 saturated carbocycles. The quantitative estimate of drug-likeness (QED) is 0.410. The van der Waals surface area contributed by atoms with Gasteiger partial charge in [-0.2, -0.15) is 0 Å². The van der Waals surface area contributed by atoms with E-state index in [0.29, 0.717) is 24.6 Å². The summed E-state index contributed by atoms with van der Waals surface area (Å²) in [6.07, 6.45) is 7.88. The van der Waals surface area contributed by atoms with Crippen molar-refractivity contribution < 1.29 is 14.6 Å². The van der Waals surface area contributed by atoms with Gasteiger partial charge in [-0.05, 0) is 42.9 Å². The number of ether oxygens (including phenoxy) is 1. The molecule has 2 N–H and O–H groups in total. The van der Waals surface area contributed by atoms with Crippen LogP contribution in [0.3, 0.4) is 0 Å². The molecule has 1 aromatic rings. The molecule has 1 aromatic carbocycles. The van der Waals surface area contributed by atoms with Crippen molar-refractivity contribution in [2.45, 2.75) is 46.1 Å². The maximum atomic E-state index is 11.8. The Labute approximate surface area is 169 Å². The Morgan fingerprint density at radius 3 is 2.74 bits per heavy atom. The number of benzene rings is 1. The van der Waals surface area contributed by atoms with Crippen LogP contribution in [-0.4, -0.2) is 55.9 Å². The number of methoxy groups -OCH3 is 1. The molecule has 0 saturated heterocycles. The number of allylic oxidation sites excluding steroid dienone is 2. The molecule has 1 rings (SSSR count). The zero-order valence-corrected chi connectivity index (χ0v) is 13.8. The topological polar surface area (TPSA) is 58.6 Å². The van der Waals surface area contributed by atoms with Crippen LogP contribution in [-0.2, 0) is 11.3 Å². The van der Waals surface area contributed by atoms with Crippen molar-refractivity contribution in [3.8, 4) is 11.5 Å². The predicted octanol–water partition coefficient (Wildman–Crippen LogP) is 2.87. The summed E-state index contributed by atoms with van der Waals surface area (Å²) in [6, 6.07) is 5.07. The Morgan fingerprint density at radius 2 is 2.09 bits per heavy atom. The van der Waals surface area contributed by atoms with E-state index in [9.17, 15) is 9.90 Å². The fourth-order valence-corrected chi connectivity index (χ4v) is 2.04. The molecule has 0 heterocycles. The molecule has 0 spiro atoms. The van der Waals surface area contributed by atoms with Gasteiger partial charge in [0.25, 0.3) is 0 Å². The Kier molecular flexibility index (Phi) is 12.3. The summed E-state index contributed by atoms with van der Waals surface area (Å²) < 4.78 is 5.04. The number of carbonyl (C=O) groups is 1. The summed E-state index contributed by atoms with van der Waals surface area (Å²) in [6.45, 7) is 4.76. The molecule has 0 fully saturated rings. The minimum absolute atomic E-state index is 0. The Bertz CT molecular complexity index is 501. The third kappa shape index (κ3) is 9.90. The van der Waals surface area contributed by atoms with Gasteiger partial charge in [0.05, 0.1) is 7.11 Å². The molecule has 23 heavy (non-hydrogen) atoms. The normalized spacial score (nSPS) is 10.6. The molecule has 4 nitrogen and oxygen atoms in total. The van der Waals surface area contributed by atoms with Crippen LogP contribution in [0, 0.1) is 5.92 Å². The number of unbranched alkanes of at least 4 members (excludes halogenated alkanes) is 2. The number of phenolic OH excluding ortho intramolecular Hbond substituents is 1. The van der Waals surface area contributed by atoms with Crippen LogP contribution in [0.15, 0.2) is 30.4 Å². The third-order valence-corrected chi connectivity index (χ3v) is 3.28. The first-order valence-corrected chi connectivity index (χ1v) is 7.82. The van der Waals surface area contributed by atoms with E-state index in [1.54, 1.807) is 18.2 Å². The number of phenols is 1. The predicted molar refractivity (Wildman–Crippen MR) is 97.5 cm³/mol. The van der Waals surface area contributed by atoms with Gasteiger partial charge >= 0.3 is 37.7 Å². The second-order valence-electron chi connectivity index (χ2n) is 5.70. The first-order chi connectivity index (χ1) is 10.5. The fourth-order valence-electron chi connectivity index (χ4n) is 2.04. The van der Waals surface area contributed by atoms with Crippen LogP contribution in [0.2, 0.25) is 0 Å². The van der Waals surface area contributed by atoms with E-state index in [2.05, 4.69) is 31.3 Å². The number of hydrogen-bond donors (Lipinski definition) is 2. The number of nitrogens with one attached hydrogen (secondary N) is 1. The number of hydrogen-bond acceptors (Lipinski definition) is 3. The van der Waals surface area contributed by atoms with Crippen molar-refractivity contribution in [3.05, 3.63) is 35.9 Å². The van der Waals surface area contributed by atoms with Crippen molar-refractivity contribution in [1.29, 1.82) is 0 Å². The average molecular weight is 348 g/mol. The van der Waals surface area contributed by atoms with Gasteiger partial charge in [0.1, 0.15) is 0 Å². The van der Waals surface area contributed by atoms with Gasteiger partial charge in [0.15, 0.2) is 11.5 Å².